The van der Waals surface area contributed by atoms with E-state index in [1.165, 1.54) is 26.4 Å². The van der Waals surface area contributed by atoms with Crippen molar-refractivity contribution in [2.24, 2.45) is 10.9 Å². The number of benzene rings is 3. The first-order valence-corrected chi connectivity index (χ1v) is 15.3. The van der Waals surface area contributed by atoms with E-state index in [0.29, 0.717) is 34.6 Å². The van der Waals surface area contributed by atoms with Crippen molar-refractivity contribution in [1.29, 1.82) is 0 Å². The fourth-order valence-corrected chi connectivity index (χ4v) is 4.62. The molecule has 3 aromatic carbocycles. The number of carbonyl (C=O) groups excluding carboxylic acids is 3. The average molecular weight is 616 g/mol. The smallest absolute Gasteiger partial charge is 0.365 e. The number of nitrogens with zero attached hydrogens (tertiary/aromatic N) is 1. The molecule has 1 amide bonds. The molecule has 0 bridgehead atoms. The molecule has 0 aliphatic rings. The maximum atomic E-state index is 13.2. The van der Waals surface area contributed by atoms with Crippen LogP contribution in [0.25, 0.3) is 0 Å². The van der Waals surface area contributed by atoms with E-state index in [9.17, 15) is 14.4 Å². The average Bonchev–Trinajstić information content (AvgIpc) is 3.04. The summed E-state index contributed by atoms with van der Waals surface area (Å²) in [5.74, 6) is -1.10. The fraction of sp³-hybridized carbons (Fsp3) is 0.389. The molecule has 240 valence electrons. The van der Waals surface area contributed by atoms with Gasteiger partial charge in [-0.3, -0.25) is 4.79 Å². The molecule has 0 saturated heterocycles. The molecule has 3 rings (SSSR count). The van der Waals surface area contributed by atoms with Crippen LogP contribution in [-0.4, -0.2) is 37.4 Å². The van der Waals surface area contributed by atoms with E-state index in [1.807, 2.05) is 12.1 Å². The summed E-state index contributed by atoms with van der Waals surface area (Å²) in [6, 6.07) is 20.4. The summed E-state index contributed by atoms with van der Waals surface area (Å²) in [7, 11) is 1.26. The van der Waals surface area contributed by atoms with Crippen molar-refractivity contribution < 1.29 is 28.7 Å². The molecular weight excluding hydrogens is 570 g/mol. The fourth-order valence-electron chi connectivity index (χ4n) is 4.62. The van der Waals surface area contributed by atoms with Gasteiger partial charge >= 0.3 is 11.9 Å². The Kier molecular flexibility index (Phi) is 12.3. The molecule has 0 unspecified atom stereocenters. The maximum Gasteiger partial charge on any atom is 0.365 e. The van der Waals surface area contributed by atoms with Crippen LogP contribution in [0.2, 0.25) is 0 Å². The first-order chi connectivity index (χ1) is 21.4. The molecule has 1 atom stereocenters. The third-order valence-corrected chi connectivity index (χ3v) is 7.56. The zero-order valence-electron chi connectivity index (χ0n) is 27.1. The second-order valence-corrected chi connectivity index (χ2v) is 12.1. The predicted molar refractivity (Wildman–Crippen MR) is 175 cm³/mol. The topological polar surface area (TPSA) is 129 Å². The summed E-state index contributed by atoms with van der Waals surface area (Å²) in [6.45, 7) is 10.7. The van der Waals surface area contributed by atoms with Gasteiger partial charge < -0.3 is 25.4 Å². The van der Waals surface area contributed by atoms with Crippen LogP contribution in [-0.2, 0) is 25.3 Å². The van der Waals surface area contributed by atoms with E-state index in [-0.39, 0.29) is 11.3 Å². The van der Waals surface area contributed by atoms with E-state index in [2.05, 4.69) is 38.2 Å². The normalized spacial score (nSPS) is 13.0. The van der Waals surface area contributed by atoms with E-state index in [4.69, 9.17) is 20.0 Å². The zero-order valence-corrected chi connectivity index (χ0v) is 27.1. The minimum Gasteiger partial charge on any atom is -0.494 e. The van der Waals surface area contributed by atoms with Gasteiger partial charge in [0.25, 0.3) is 5.91 Å². The van der Waals surface area contributed by atoms with Crippen LogP contribution in [0.5, 0.6) is 5.75 Å². The number of nitrogens with one attached hydrogen (secondary N) is 1. The highest BCUT2D eigenvalue weighted by Gasteiger charge is 2.38. The van der Waals surface area contributed by atoms with Gasteiger partial charge in [0.1, 0.15) is 5.75 Å². The molecule has 0 fully saturated rings. The second kappa shape index (κ2) is 15.9. The van der Waals surface area contributed by atoms with Gasteiger partial charge in [-0.2, -0.15) is 0 Å². The number of amides is 1. The van der Waals surface area contributed by atoms with Crippen LogP contribution in [0.4, 0.5) is 0 Å². The molecule has 9 nitrogen and oxygen atoms in total. The Morgan fingerprint density at radius 3 is 1.89 bits per heavy atom. The lowest BCUT2D eigenvalue weighted by Gasteiger charge is -2.29. The van der Waals surface area contributed by atoms with Gasteiger partial charge in [0, 0.05) is 11.1 Å². The molecule has 0 aliphatic heterocycles. The molecule has 0 aliphatic carbocycles. The van der Waals surface area contributed by atoms with Gasteiger partial charge in [-0.1, -0.05) is 94.9 Å². The summed E-state index contributed by atoms with van der Waals surface area (Å²) in [4.78, 5) is 43.6. The molecule has 9 heteroatoms. The third-order valence-electron chi connectivity index (χ3n) is 7.56. The van der Waals surface area contributed by atoms with Gasteiger partial charge in [-0.05, 0) is 66.3 Å². The number of oxime groups is 1. The van der Waals surface area contributed by atoms with E-state index in [0.717, 1.165) is 18.4 Å². The summed E-state index contributed by atoms with van der Waals surface area (Å²) in [6.07, 6.45) is 5.76. The summed E-state index contributed by atoms with van der Waals surface area (Å²) >= 11 is 0. The first kappa shape index (κ1) is 34.8. The number of nitrogens with two attached hydrogens (primary N) is 1. The number of hydrogen-bond acceptors (Lipinski definition) is 7. The molecular formula is C36H45N3O6. The van der Waals surface area contributed by atoms with E-state index in [1.54, 1.807) is 67.6 Å². The van der Waals surface area contributed by atoms with Gasteiger partial charge in [-0.15, -0.1) is 0 Å². The van der Waals surface area contributed by atoms with Gasteiger partial charge in [0.05, 0.1) is 19.3 Å². The highest BCUT2D eigenvalue weighted by Crippen LogP contribution is 2.26. The third kappa shape index (κ3) is 9.66. The van der Waals surface area contributed by atoms with Crippen molar-refractivity contribution >= 4 is 23.7 Å². The standard InChI is InChI=1S/C36H45N3O6/c1-7-8-9-10-11-24-44-30-22-16-27(17-23-30)33(41)45-39-31(37)25-12-20-29(21-13-25)36(5,34(42)43-6)38-32(40)26-14-18-28(19-15-26)35(2,3)4/h12-23H,7-11,24H2,1-6H3,(H2,37,39)(H,38,40)/t36-/m0/s1. The Morgan fingerprint density at radius 2 is 1.31 bits per heavy atom. The Bertz CT molecular complexity index is 1460. The molecule has 0 saturated carbocycles. The van der Waals surface area contributed by atoms with Crippen LogP contribution >= 0.6 is 0 Å². The lowest BCUT2D eigenvalue weighted by molar-refractivity contribution is -0.148. The number of unbranched alkanes of at least 4 members (excludes halogenated alkanes) is 4. The number of carbonyl (C=O) groups is 3. The van der Waals surface area contributed by atoms with Crippen LogP contribution in [0.15, 0.2) is 78.0 Å². The molecule has 0 spiro atoms. The van der Waals surface area contributed by atoms with E-state index < -0.39 is 23.4 Å². The number of ether oxygens (including phenoxy) is 2. The molecule has 3 N–H and O–H groups in total. The quantitative estimate of drug-likeness (QED) is 0.0520. The van der Waals surface area contributed by atoms with Gasteiger partial charge in [-0.25, -0.2) is 9.59 Å². The minimum absolute atomic E-state index is 0.0410. The maximum absolute atomic E-state index is 13.2. The van der Waals surface area contributed by atoms with Crippen molar-refractivity contribution in [2.75, 3.05) is 13.7 Å². The van der Waals surface area contributed by atoms with Crippen molar-refractivity contribution in [2.45, 2.75) is 77.7 Å². The minimum atomic E-state index is -1.49. The lowest BCUT2D eigenvalue weighted by atomic mass is 9.86. The van der Waals surface area contributed by atoms with Gasteiger partial charge in [0.15, 0.2) is 11.4 Å². The van der Waals surface area contributed by atoms with Crippen LogP contribution in [0, 0.1) is 0 Å². The second-order valence-electron chi connectivity index (χ2n) is 12.1. The monoisotopic (exact) mass is 615 g/mol. The molecule has 0 radical (unpaired) electrons. The number of methoxy groups -OCH3 is 1. The molecule has 0 aromatic heterocycles. The molecule has 45 heavy (non-hydrogen) atoms. The van der Waals surface area contributed by atoms with Crippen LogP contribution in [0.3, 0.4) is 0 Å². The Hall–Kier alpha value is -4.66. The van der Waals surface area contributed by atoms with Crippen molar-refractivity contribution in [1.82, 2.24) is 5.32 Å². The van der Waals surface area contributed by atoms with Crippen molar-refractivity contribution in [3.63, 3.8) is 0 Å². The summed E-state index contributed by atoms with van der Waals surface area (Å²) in [5, 5.41) is 6.60. The van der Waals surface area contributed by atoms with Gasteiger partial charge in [0.2, 0.25) is 0 Å². The van der Waals surface area contributed by atoms with Crippen molar-refractivity contribution in [3.05, 3.63) is 101 Å². The highest BCUT2D eigenvalue weighted by molar-refractivity contribution is 6.00. The van der Waals surface area contributed by atoms with Crippen LogP contribution < -0.4 is 15.8 Å². The largest absolute Gasteiger partial charge is 0.494 e. The SMILES string of the molecule is CCCCCCCOc1ccc(C(=O)ON=C(N)c2ccc([C@](C)(NC(=O)c3ccc(C(C)(C)C)cc3)C(=O)OC)cc2)cc1. The number of rotatable bonds is 14. The predicted octanol–water partition coefficient (Wildman–Crippen LogP) is 6.63. The summed E-state index contributed by atoms with van der Waals surface area (Å²) < 4.78 is 10.8. The Labute approximate surface area is 266 Å². The number of esters is 1. The van der Waals surface area contributed by atoms with Crippen LogP contribution in [0.1, 0.15) is 104 Å². The van der Waals surface area contributed by atoms with Crippen molar-refractivity contribution in [3.8, 4) is 5.75 Å². The zero-order chi connectivity index (χ0) is 33.0. The highest BCUT2D eigenvalue weighted by atomic mass is 16.7. The van der Waals surface area contributed by atoms with E-state index >= 15 is 0 Å². The number of amidine groups is 1. The Morgan fingerprint density at radius 1 is 0.756 bits per heavy atom. The first-order valence-electron chi connectivity index (χ1n) is 15.3. The Balaban J connectivity index is 1.64. The summed E-state index contributed by atoms with van der Waals surface area (Å²) in [5.41, 5.74) is 7.24. The molecule has 3 aromatic rings. The lowest BCUT2D eigenvalue weighted by Crippen LogP contribution is -2.50. The number of hydrogen-bond donors (Lipinski definition) is 2. The molecule has 0 heterocycles.